The zero-order chi connectivity index (χ0) is 12.5. The van der Waals surface area contributed by atoms with Gasteiger partial charge in [-0.1, -0.05) is 35.9 Å². The summed E-state index contributed by atoms with van der Waals surface area (Å²) in [6.45, 7) is 2.06. The molecule has 0 radical (unpaired) electrons. The van der Waals surface area contributed by atoms with Crippen LogP contribution in [-0.4, -0.2) is 9.78 Å². The van der Waals surface area contributed by atoms with E-state index in [1.807, 2.05) is 28.9 Å². The molecule has 0 amide bonds. The van der Waals surface area contributed by atoms with Crippen molar-refractivity contribution in [3.63, 3.8) is 0 Å². The number of hydrogen-bond acceptors (Lipinski definition) is 1. The first-order chi connectivity index (χ1) is 8.74. The Labute approximate surface area is 111 Å². The Balaban J connectivity index is 2.00. The van der Waals surface area contributed by atoms with Crippen LogP contribution in [-0.2, 0) is 0 Å². The monoisotopic (exact) mass is 256 g/mol. The molecule has 0 saturated carbocycles. The molecule has 0 aliphatic heterocycles. The van der Waals surface area contributed by atoms with E-state index in [0.717, 1.165) is 22.1 Å². The lowest BCUT2D eigenvalue weighted by molar-refractivity contribution is 0.813. The van der Waals surface area contributed by atoms with Gasteiger partial charge >= 0.3 is 0 Å². The smallest absolute Gasteiger partial charge is 0.0738 e. The van der Waals surface area contributed by atoms with Crippen molar-refractivity contribution in [3.05, 3.63) is 71.0 Å². The predicted molar refractivity (Wildman–Crippen MR) is 74.3 cm³/mol. The van der Waals surface area contributed by atoms with Crippen LogP contribution >= 0.6 is 11.6 Å². The lowest BCUT2D eigenvalue weighted by atomic mass is 10.1. The van der Waals surface area contributed by atoms with Gasteiger partial charge in [-0.2, -0.15) is 5.10 Å². The van der Waals surface area contributed by atoms with E-state index < -0.39 is 0 Å². The molecule has 18 heavy (non-hydrogen) atoms. The zero-order valence-corrected chi connectivity index (χ0v) is 10.8. The minimum atomic E-state index is 0.303. The molecule has 1 aliphatic rings. The van der Waals surface area contributed by atoms with Crippen LogP contribution < -0.4 is 0 Å². The number of halogens is 1. The van der Waals surface area contributed by atoms with Gasteiger partial charge in [-0.25, -0.2) is 4.68 Å². The summed E-state index contributed by atoms with van der Waals surface area (Å²) in [7, 11) is 0. The summed E-state index contributed by atoms with van der Waals surface area (Å²) >= 11 is 5.90. The van der Waals surface area contributed by atoms with E-state index in [1.165, 1.54) is 0 Å². The van der Waals surface area contributed by atoms with Crippen LogP contribution in [0, 0.1) is 6.92 Å². The molecule has 1 aromatic carbocycles. The normalized spacial score (nSPS) is 14.6. The number of rotatable bonds is 2. The van der Waals surface area contributed by atoms with Crippen LogP contribution in [0.3, 0.4) is 0 Å². The van der Waals surface area contributed by atoms with E-state index in [1.54, 1.807) is 0 Å². The molecule has 0 unspecified atom stereocenters. The maximum absolute atomic E-state index is 5.90. The van der Waals surface area contributed by atoms with Crippen molar-refractivity contribution in [1.29, 1.82) is 0 Å². The number of hydrogen-bond donors (Lipinski definition) is 0. The highest BCUT2D eigenvalue weighted by molar-refractivity contribution is 6.30. The Hall–Kier alpha value is -1.80. The predicted octanol–water partition coefficient (Wildman–Crippen LogP) is 4.04. The Morgan fingerprint density at radius 2 is 1.78 bits per heavy atom. The van der Waals surface area contributed by atoms with Gasteiger partial charge in [-0.3, -0.25) is 0 Å². The minimum absolute atomic E-state index is 0.303. The van der Waals surface area contributed by atoms with Gasteiger partial charge in [0, 0.05) is 16.6 Å². The maximum atomic E-state index is 5.90. The first-order valence-electron chi connectivity index (χ1n) is 5.91. The second-order valence-corrected chi connectivity index (χ2v) is 4.83. The molecule has 0 saturated heterocycles. The summed E-state index contributed by atoms with van der Waals surface area (Å²) in [6.07, 6.45) is 8.41. The Bertz CT molecular complexity index is 608. The Morgan fingerprint density at radius 3 is 2.44 bits per heavy atom. The number of aromatic nitrogens is 2. The molecule has 2 aromatic rings. The Morgan fingerprint density at radius 1 is 1.11 bits per heavy atom. The van der Waals surface area contributed by atoms with Crippen LogP contribution in [0.15, 0.2) is 54.6 Å². The molecular weight excluding hydrogens is 244 g/mol. The quantitative estimate of drug-likeness (QED) is 0.793. The van der Waals surface area contributed by atoms with Gasteiger partial charge in [0.15, 0.2) is 0 Å². The van der Waals surface area contributed by atoms with Crippen molar-refractivity contribution >= 4 is 11.6 Å². The summed E-state index contributed by atoms with van der Waals surface area (Å²) in [5.74, 6) is 0.303. The third-order valence-corrected chi connectivity index (χ3v) is 3.32. The van der Waals surface area contributed by atoms with Gasteiger partial charge in [-0.15, -0.1) is 0 Å². The average Bonchev–Trinajstić information content (AvgIpc) is 2.99. The lowest BCUT2D eigenvalue weighted by Gasteiger charge is -2.04. The summed E-state index contributed by atoms with van der Waals surface area (Å²) in [5.41, 5.74) is 3.24. The van der Waals surface area contributed by atoms with Crippen LogP contribution in [0.4, 0.5) is 0 Å². The van der Waals surface area contributed by atoms with Gasteiger partial charge in [0.05, 0.1) is 11.4 Å². The molecule has 2 nitrogen and oxygen atoms in total. The van der Waals surface area contributed by atoms with E-state index >= 15 is 0 Å². The number of aryl methyl sites for hydroxylation is 1. The standard InChI is InChI=1S/C15H13ClN2/c1-11-10-15(12-4-2-3-5-12)17-18(11)14-8-6-13(16)7-9-14/h2-10,12H,1H3. The first-order valence-corrected chi connectivity index (χ1v) is 6.29. The van der Waals surface area contributed by atoms with Gasteiger partial charge in [0.2, 0.25) is 0 Å². The molecule has 1 aromatic heterocycles. The number of nitrogens with zero attached hydrogens (tertiary/aromatic N) is 2. The summed E-state index contributed by atoms with van der Waals surface area (Å²) < 4.78 is 1.95. The van der Waals surface area contributed by atoms with Crippen LogP contribution in [0.2, 0.25) is 5.02 Å². The second kappa shape index (κ2) is 4.46. The third-order valence-electron chi connectivity index (χ3n) is 3.07. The molecule has 0 N–H and O–H groups in total. The van der Waals surface area contributed by atoms with Crippen molar-refractivity contribution in [2.45, 2.75) is 12.8 Å². The molecule has 0 bridgehead atoms. The van der Waals surface area contributed by atoms with E-state index in [-0.39, 0.29) is 0 Å². The fourth-order valence-electron chi connectivity index (χ4n) is 2.13. The van der Waals surface area contributed by atoms with Crippen LogP contribution in [0.1, 0.15) is 17.3 Å². The van der Waals surface area contributed by atoms with Gasteiger partial charge in [-0.05, 0) is 37.3 Å². The van der Waals surface area contributed by atoms with Crippen LogP contribution in [0.5, 0.6) is 0 Å². The fraction of sp³-hybridized carbons (Fsp3) is 0.133. The molecule has 0 spiro atoms. The topological polar surface area (TPSA) is 17.8 Å². The van der Waals surface area contributed by atoms with Gasteiger partial charge in [0.1, 0.15) is 0 Å². The van der Waals surface area contributed by atoms with Crippen molar-refractivity contribution < 1.29 is 0 Å². The summed E-state index contributed by atoms with van der Waals surface area (Å²) in [6, 6.07) is 9.85. The van der Waals surface area contributed by atoms with E-state index in [0.29, 0.717) is 5.92 Å². The highest BCUT2D eigenvalue weighted by Gasteiger charge is 2.13. The molecular formula is C15H13ClN2. The average molecular weight is 257 g/mol. The SMILES string of the molecule is Cc1cc(C2C=CC=C2)nn1-c1ccc(Cl)cc1. The molecule has 1 aliphatic carbocycles. The molecule has 3 heteroatoms. The summed E-state index contributed by atoms with van der Waals surface area (Å²) in [5, 5.41) is 5.40. The van der Waals surface area contributed by atoms with Crippen molar-refractivity contribution in [3.8, 4) is 5.69 Å². The highest BCUT2D eigenvalue weighted by atomic mass is 35.5. The number of allylic oxidation sites excluding steroid dienone is 4. The minimum Gasteiger partial charge on any atom is -0.238 e. The molecule has 0 fully saturated rings. The fourth-order valence-corrected chi connectivity index (χ4v) is 2.26. The van der Waals surface area contributed by atoms with Crippen molar-refractivity contribution in [2.24, 2.45) is 0 Å². The maximum Gasteiger partial charge on any atom is 0.0738 e. The van der Waals surface area contributed by atoms with E-state index in [4.69, 9.17) is 11.6 Å². The second-order valence-electron chi connectivity index (χ2n) is 4.39. The highest BCUT2D eigenvalue weighted by Crippen LogP contribution is 2.24. The van der Waals surface area contributed by atoms with Gasteiger partial charge < -0.3 is 0 Å². The summed E-state index contributed by atoms with van der Waals surface area (Å²) in [4.78, 5) is 0. The molecule has 3 rings (SSSR count). The largest absolute Gasteiger partial charge is 0.238 e. The van der Waals surface area contributed by atoms with Gasteiger partial charge in [0.25, 0.3) is 0 Å². The Kier molecular flexibility index (Phi) is 2.80. The zero-order valence-electron chi connectivity index (χ0n) is 10.0. The molecule has 90 valence electrons. The van der Waals surface area contributed by atoms with Crippen molar-refractivity contribution in [1.82, 2.24) is 9.78 Å². The van der Waals surface area contributed by atoms with Crippen molar-refractivity contribution in [2.75, 3.05) is 0 Å². The first kappa shape index (κ1) is 11.3. The molecule has 0 atom stereocenters. The molecule has 1 heterocycles. The lowest BCUT2D eigenvalue weighted by Crippen LogP contribution is -1.99. The number of benzene rings is 1. The van der Waals surface area contributed by atoms with E-state index in [9.17, 15) is 0 Å². The van der Waals surface area contributed by atoms with E-state index in [2.05, 4.69) is 42.4 Å². The third kappa shape index (κ3) is 2.00. The van der Waals surface area contributed by atoms with Crippen LogP contribution in [0.25, 0.3) is 5.69 Å².